The lowest BCUT2D eigenvalue weighted by Gasteiger charge is -1.99. The van der Waals surface area contributed by atoms with Gasteiger partial charge in [0.25, 0.3) is 0 Å². The Hall–Kier alpha value is -1.94. The second-order valence-corrected chi connectivity index (χ2v) is 4.57. The van der Waals surface area contributed by atoms with Crippen LogP contribution in [0.3, 0.4) is 0 Å². The van der Waals surface area contributed by atoms with Crippen molar-refractivity contribution < 1.29 is 4.39 Å². The summed E-state index contributed by atoms with van der Waals surface area (Å²) in [4.78, 5) is 0. The third-order valence-electron chi connectivity index (χ3n) is 2.64. The number of nitrogen functional groups attached to an aromatic ring is 1. The van der Waals surface area contributed by atoms with E-state index in [0.29, 0.717) is 0 Å². The maximum absolute atomic E-state index is 13.3. The Morgan fingerprint density at radius 3 is 2.65 bits per heavy atom. The van der Waals surface area contributed by atoms with E-state index in [-0.39, 0.29) is 11.5 Å². The van der Waals surface area contributed by atoms with Crippen molar-refractivity contribution in [1.82, 2.24) is 4.37 Å². The molecule has 0 fully saturated rings. The summed E-state index contributed by atoms with van der Waals surface area (Å²) in [6.07, 6.45) is 0. The molecular formula is C13H9FN2S. The maximum atomic E-state index is 13.3. The van der Waals surface area contributed by atoms with Crippen LogP contribution in [0, 0.1) is 5.82 Å². The largest absolute Gasteiger partial charge is 0.396 e. The molecule has 0 bridgehead atoms. The van der Waals surface area contributed by atoms with Crippen LogP contribution in [0.2, 0.25) is 0 Å². The first-order valence-electron chi connectivity index (χ1n) is 5.15. The molecule has 0 unspecified atom stereocenters. The fourth-order valence-corrected chi connectivity index (χ4v) is 2.58. The van der Waals surface area contributed by atoms with Crippen LogP contribution < -0.4 is 5.73 Å². The van der Waals surface area contributed by atoms with Crippen LogP contribution in [-0.4, -0.2) is 4.37 Å². The number of hydrogen-bond donors (Lipinski definition) is 1. The molecule has 0 aliphatic carbocycles. The summed E-state index contributed by atoms with van der Waals surface area (Å²) >= 11 is 1.29. The number of fused-ring (bicyclic) bond motifs is 1. The van der Waals surface area contributed by atoms with E-state index < -0.39 is 0 Å². The smallest absolute Gasteiger partial charge is 0.147 e. The molecule has 3 rings (SSSR count). The molecule has 0 saturated heterocycles. The second-order valence-electron chi connectivity index (χ2n) is 3.77. The van der Waals surface area contributed by atoms with Crippen LogP contribution in [0.1, 0.15) is 0 Å². The van der Waals surface area contributed by atoms with Crippen LogP contribution in [0.15, 0.2) is 42.5 Å². The monoisotopic (exact) mass is 244 g/mol. The summed E-state index contributed by atoms with van der Waals surface area (Å²) in [6.45, 7) is 0. The van der Waals surface area contributed by atoms with Crippen molar-refractivity contribution in [2.75, 3.05) is 5.73 Å². The standard InChI is InChI=1S/C13H9FN2S/c14-10-7-12-9(6-11(10)15)13(16-17-12)8-4-2-1-3-5-8/h1-7H,15H2. The summed E-state index contributed by atoms with van der Waals surface area (Å²) in [7, 11) is 0. The molecule has 84 valence electrons. The van der Waals surface area contributed by atoms with Gasteiger partial charge in [0, 0.05) is 10.9 Å². The average molecular weight is 244 g/mol. The Labute approximate surface area is 102 Å². The van der Waals surface area contributed by atoms with Gasteiger partial charge >= 0.3 is 0 Å². The van der Waals surface area contributed by atoms with Gasteiger partial charge in [-0.15, -0.1) is 0 Å². The minimum absolute atomic E-state index is 0.162. The first-order valence-corrected chi connectivity index (χ1v) is 5.93. The van der Waals surface area contributed by atoms with E-state index in [4.69, 9.17) is 5.73 Å². The Balaban J connectivity index is 2.29. The SMILES string of the molecule is Nc1cc2c(-c3ccccc3)nsc2cc1F. The van der Waals surface area contributed by atoms with Gasteiger partial charge in [-0.05, 0) is 23.7 Å². The molecule has 2 nitrogen and oxygen atoms in total. The Bertz CT molecular complexity index is 676. The molecule has 17 heavy (non-hydrogen) atoms. The van der Waals surface area contributed by atoms with Crippen molar-refractivity contribution in [2.24, 2.45) is 0 Å². The Morgan fingerprint density at radius 1 is 1.12 bits per heavy atom. The Kier molecular flexibility index (Phi) is 2.30. The van der Waals surface area contributed by atoms with Crippen LogP contribution >= 0.6 is 11.5 Å². The van der Waals surface area contributed by atoms with Crippen molar-refractivity contribution >= 4 is 27.3 Å². The topological polar surface area (TPSA) is 38.9 Å². The molecule has 1 aromatic heterocycles. The van der Waals surface area contributed by atoms with Gasteiger partial charge in [-0.25, -0.2) is 4.39 Å². The van der Waals surface area contributed by atoms with E-state index in [0.717, 1.165) is 21.3 Å². The number of rotatable bonds is 1. The molecular weight excluding hydrogens is 235 g/mol. The first kappa shape index (κ1) is 10.2. The van der Waals surface area contributed by atoms with Gasteiger partial charge in [-0.2, -0.15) is 4.37 Å². The molecule has 1 heterocycles. The van der Waals surface area contributed by atoms with Gasteiger partial charge in [0.2, 0.25) is 0 Å². The molecule has 0 atom stereocenters. The quantitative estimate of drug-likeness (QED) is 0.663. The van der Waals surface area contributed by atoms with Gasteiger partial charge in [-0.1, -0.05) is 30.3 Å². The zero-order chi connectivity index (χ0) is 11.8. The van der Waals surface area contributed by atoms with Crippen LogP contribution in [0.4, 0.5) is 10.1 Å². The summed E-state index contributed by atoms with van der Waals surface area (Å²) < 4.78 is 18.5. The van der Waals surface area contributed by atoms with Crippen LogP contribution in [-0.2, 0) is 0 Å². The highest BCUT2D eigenvalue weighted by Crippen LogP contribution is 2.33. The first-order chi connectivity index (χ1) is 8.25. The predicted molar refractivity (Wildman–Crippen MR) is 69.4 cm³/mol. The van der Waals surface area contributed by atoms with Crippen molar-refractivity contribution in [3.8, 4) is 11.3 Å². The fraction of sp³-hybridized carbons (Fsp3) is 0. The van der Waals surface area contributed by atoms with Crippen molar-refractivity contribution in [3.63, 3.8) is 0 Å². The van der Waals surface area contributed by atoms with Gasteiger partial charge < -0.3 is 5.73 Å². The van der Waals surface area contributed by atoms with E-state index in [1.165, 1.54) is 17.6 Å². The van der Waals surface area contributed by atoms with E-state index in [2.05, 4.69) is 4.37 Å². The molecule has 2 N–H and O–H groups in total. The van der Waals surface area contributed by atoms with Crippen molar-refractivity contribution in [2.45, 2.75) is 0 Å². The average Bonchev–Trinajstić information content (AvgIpc) is 2.74. The number of nitrogens with two attached hydrogens (primary N) is 1. The Morgan fingerprint density at radius 2 is 1.88 bits per heavy atom. The predicted octanol–water partition coefficient (Wildman–Crippen LogP) is 3.68. The summed E-state index contributed by atoms with van der Waals surface area (Å²) in [6, 6.07) is 12.9. The highest BCUT2D eigenvalue weighted by atomic mass is 32.1. The zero-order valence-corrected chi connectivity index (χ0v) is 9.67. The third kappa shape index (κ3) is 1.66. The number of benzene rings is 2. The molecule has 0 spiro atoms. The number of hydrogen-bond acceptors (Lipinski definition) is 3. The van der Waals surface area contributed by atoms with Crippen molar-refractivity contribution in [1.29, 1.82) is 0 Å². The maximum Gasteiger partial charge on any atom is 0.147 e. The molecule has 3 aromatic rings. The van der Waals surface area contributed by atoms with Gasteiger partial charge in [0.05, 0.1) is 16.1 Å². The van der Waals surface area contributed by atoms with E-state index >= 15 is 0 Å². The minimum Gasteiger partial charge on any atom is -0.396 e. The summed E-state index contributed by atoms with van der Waals surface area (Å²) in [5.74, 6) is -0.388. The highest BCUT2D eigenvalue weighted by molar-refractivity contribution is 7.13. The lowest BCUT2D eigenvalue weighted by Crippen LogP contribution is -1.89. The summed E-state index contributed by atoms with van der Waals surface area (Å²) in [5.41, 5.74) is 7.63. The number of nitrogens with zero attached hydrogens (tertiary/aromatic N) is 1. The number of anilines is 1. The van der Waals surface area contributed by atoms with Crippen molar-refractivity contribution in [3.05, 3.63) is 48.3 Å². The molecule has 0 saturated carbocycles. The second kappa shape index (κ2) is 3.82. The fourth-order valence-electron chi connectivity index (χ4n) is 1.78. The molecule has 2 aromatic carbocycles. The van der Waals surface area contributed by atoms with Gasteiger partial charge in [0.15, 0.2) is 0 Å². The number of halogens is 1. The molecule has 0 aliphatic rings. The van der Waals surface area contributed by atoms with Gasteiger partial charge in [0.1, 0.15) is 5.82 Å². The zero-order valence-electron chi connectivity index (χ0n) is 8.85. The van der Waals surface area contributed by atoms with E-state index in [9.17, 15) is 4.39 Å². The van der Waals surface area contributed by atoms with Crippen LogP contribution in [0.5, 0.6) is 0 Å². The van der Waals surface area contributed by atoms with E-state index in [1.807, 2.05) is 30.3 Å². The van der Waals surface area contributed by atoms with Gasteiger partial charge in [-0.3, -0.25) is 0 Å². The normalized spacial score (nSPS) is 10.9. The lowest BCUT2D eigenvalue weighted by molar-refractivity contribution is 0.634. The highest BCUT2D eigenvalue weighted by Gasteiger charge is 2.10. The molecule has 0 aliphatic heterocycles. The lowest BCUT2D eigenvalue weighted by atomic mass is 10.1. The summed E-state index contributed by atoms with van der Waals surface area (Å²) in [5, 5.41) is 0.903. The molecule has 0 amide bonds. The molecule has 0 radical (unpaired) electrons. The third-order valence-corrected chi connectivity index (χ3v) is 3.44. The minimum atomic E-state index is -0.388. The van der Waals surface area contributed by atoms with E-state index in [1.54, 1.807) is 6.07 Å². The molecule has 4 heteroatoms. The number of aromatic nitrogens is 1. The van der Waals surface area contributed by atoms with Crippen LogP contribution in [0.25, 0.3) is 21.3 Å².